The van der Waals surface area contributed by atoms with Crippen molar-refractivity contribution in [2.24, 2.45) is 0 Å². The summed E-state index contributed by atoms with van der Waals surface area (Å²) in [5.74, 6) is 0.245. The molecule has 0 aromatic heterocycles. The number of rotatable bonds is 9. The third-order valence-electron chi connectivity index (χ3n) is 4.43. The molecule has 128 valence electrons. The number of nitrogens with zero attached hydrogens (tertiary/aromatic N) is 1. The van der Waals surface area contributed by atoms with E-state index in [4.69, 9.17) is 0 Å². The van der Waals surface area contributed by atoms with E-state index in [1.54, 1.807) is 0 Å². The zero-order chi connectivity index (χ0) is 17.2. The molecule has 0 saturated heterocycles. The van der Waals surface area contributed by atoms with Crippen LogP contribution in [0.3, 0.4) is 0 Å². The Hall–Kier alpha value is -2.09. The van der Waals surface area contributed by atoms with Crippen molar-refractivity contribution in [1.29, 1.82) is 0 Å². The van der Waals surface area contributed by atoms with Crippen molar-refractivity contribution in [3.05, 3.63) is 60.2 Å². The van der Waals surface area contributed by atoms with Crippen LogP contribution in [0.1, 0.15) is 51.0 Å². The molecule has 0 heterocycles. The quantitative estimate of drug-likeness (QED) is 0.544. The van der Waals surface area contributed by atoms with Crippen molar-refractivity contribution < 1.29 is 4.79 Å². The Morgan fingerprint density at radius 3 is 2.29 bits per heavy atom. The second-order valence-electron chi connectivity index (χ2n) is 6.44. The highest BCUT2D eigenvalue weighted by molar-refractivity contribution is 5.76. The fraction of sp³-hybridized carbons (Fsp3) is 0.409. The highest BCUT2D eigenvalue weighted by Gasteiger charge is 2.11. The minimum Gasteiger partial charge on any atom is -0.341 e. The molecule has 2 aromatic rings. The van der Waals surface area contributed by atoms with Gasteiger partial charge in [-0.3, -0.25) is 4.79 Å². The topological polar surface area (TPSA) is 20.3 Å². The van der Waals surface area contributed by atoms with E-state index in [1.165, 1.54) is 36.0 Å². The van der Waals surface area contributed by atoms with E-state index in [0.717, 1.165) is 12.8 Å². The number of hydrogen-bond donors (Lipinski definition) is 0. The first kappa shape index (κ1) is 18.3. The molecule has 0 N–H and O–H groups in total. The van der Waals surface area contributed by atoms with Crippen LogP contribution in [0.4, 0.5) is 0 Å². The van der Waals surface area contributed by atoms with Gasteiger partial charge in [0.25, 0.3) is 0 Å². The number of carbonyl (C=O) groups is 1. The van der Waals surface area contributed by atoms with Gasteiger partial charge in [-0.2, -0.15) is 0 Å². The van der Waals surface area contributed by atoms with E-state index >= 15 is 0 Å². The zero-order valence-electron chi connectivity index (χ0n) is 15.0. The van der Waals surface area contributed by atoms with Gasteiger partial charge < -0.3 is 4.90 Å². The third kappa shape index (κ3) is 5.52. The molecule has 0 atom stereocenters. The van der Waals surface area contributed by atoms with E-state index in [-0.39, 0.29) is 5.91 Å². The minimum atomic E-state index is 0.245. The SMILES string of the molecule is CCCCCCCC(=O)N(C)Cc1ccccc1-c1ccccc1. The maximum atomic E-state index is 12.4. The van der Waals surface area contributed by atoms with Crippen molar-refractivity contribution in [1.82, 2.24) is 4.90 Å². The Kier molecular flexibility index (Phi) is 7.54. The lowest BCUT2D eigenvalue weighted by Crippen LogP contribution is -2.26. The molecule has 0 aliphatic rings. The third-order valence-corrected chi connectivity index (χ3v) is 4.43. The molecule has 0 saturated carbocycles. The summed E-state index contributed by atoms with van der Waals surface area (Å²) in [5.41, 5.74) is 3.61. The Bertz CT molecular complexity index is 621. The molecule has 0 aliphatic heterocycles. The van der Waals surface area contributed by atoms with Crippen LogP contribution in [0.5, 0.6) is 0 Å². The van der Waals surface area contributed by atoms with Gasteiger partial charge in [0.15, 0.2) is 0 Å². The summed E-state index contributed by atoms with van der Waals surface area (Å²) in [5, 5.41) is 0. The Morgan fingerprint density at radius 2 is 1.54 bits per heavy atom. The van der Waals surface area contributed by atoms with Gasteiger partial charge in [-0.1, -0.05) is 87.2 Å². The number of hydrogen-bond acceptors (Lipinski definition) is 1. The standard InChI is InChI=1S/C22H29NO/c1-3-4-5-6-10-17-22(24)23(2)18-20-15-11-12-16-21(20)19-13-8-7-9-14-19/h7-9,11-16H,3-6,10,17-18H2,1-2H3. The summed E-state index contributed by atoms with van der Waals surface area (Å²) in [4.78, 5) is 14.2. The van der Waals surface area contributed by atoms with Gasteiger partial charge in [0.05, 0.1) is 0 Å². The second-order valence-corrected chi connectivity index (χ2v) is 6.44. The smallest absolute Gasteiger partial charge is 0.222 e. The fourth-order valence-corrected chi connectivity index (χ4v) is 2.97. The molecule has 0 spiro atoms. The Balaban J connectivity index is 1.94. The highest BCUT2D eigenvalue weighted by Crippen LogP contribution is 2.24. The first-order valence-corrected chi connectivity index (χ1v) is 9.09. The summed E-state index contributed by atoms with van der Waals surface area (Å²) in [7, 11) is 1.91. The summed E-state index contributed by atoms with van der Waals surface area (Å²) in [6.45, 7) is 2.88. The molecule has 0 radical (unpaired) electrons. The molecular formula is C22H29NO. The molecule has 2 nitrogen and oxygen atoms in total. The molecule has 2 rings (SSSR count). The summed E-state index contributed by atoms with van der Waals surface area (Å²) in [6.07, 6.45) is 6.58. The lowest BCUT2D eigenvalue weighted by molar-refractivity contribution is -0.130. The number of unbranched alkanes of at least 4 members (excludes halogenated alkanes) is 4. The molecule has 0 bridgehead atoms. The van der Waals surface area contributed by atoms with E-state index in [0.29, 0.717) is 13.0 Å². The van der Waals surface area contributed by atoms with Crippen LogP contribution in [-0.2, 0) is 11.3 Å². The van der Waals surface area contributed by atoms with Crippen molar-refractivity contribution in [2.75, 3.05) is 7.05 Å². The van der Waals surface area contributed by atoms with Gasteiger partial charge in [-0.05, 0) is 23.1 Å². The summed E-state index contributed by atoms with van der Waals surface area (Å²) < 4.78 is 0. The van der Waals surface area contributed by atoms with Crippen molar-refractivity contribution in [3.8, 4) is 11.1 Å². The van der Waals surface area contributed by atoms with E-state index in [2.05, 4.69) is 49.4 Å². The van der Waals surface area contributed by atoms with Crippen LogP contribution in [0, 0.1) is 0 Å². The molecule has 24 heavy (non-hydrogen) atoms. The first-order valence-electron chi connectivity index (χ1n) is 9.09. The van der Waals surface area contributed by atoms with Gasteiger partial charge in [0.1, 0.15) is 0 Å². The van der Waals surface area contributed by atoms with Crippen molar-refractivity contribution in [2.45, 2.75) is 52.0 Å². The average Bonchev–Trinajstić information content (AvgIpc) is 2.62. The molecule has 0 fully saturated rings. The van der Waals surface area contributed by atoms with Gasteiger partial charge in [-0.15, -0.1) is 0 Å². The molecule has 2 heteroatoms. The summed E-state index contributed by atoms with van der Waals surface area (Å²) in [6, 6.07) is 18.7. The van der Waals surface area contributed by atoms with E-state index in [1.807, 2.05) is 24.1 Å². The Labute approximate surface area is 146 Å². The molecule has 1 amide bonds. The largest absolute Gasteiger partial charge is 0.341 e. The van der Waals surface area contributed by atoms with Gasteiger partial charge in [0, 0.05) is 20.0 Å². The predicted molar refractivity (Wildman–Crippen MR) is 102 cm³/mol. The van der Waals surface area contributed by atoms with E-state index in [9.17, 15) is 4.79 Å². The fourth-order valence-electron chi connectivity index (χ4n) is 2.97. The molecular weight excluding hydrogens is 294 g/mol. The molecule has 0 unspecified atom stereocenters. The van der Waals surface area contributed by atoms with Crippen LogP contribution in [0.15, 0.2) is 54.6 Å². The van der Waals surface area contributed by atoms with Crippen LogP contribution >= 0.6 is 0 Å². The maximum absolute atomic E-state index is 12.4. The first-order chi connectivity index (χ1) is 11.7. The van der Waals surface area contributed by atoms with Crippen LogP contribution in [0.25, 0.3) is 11.1 Å². The van der Waals surface area contributed by atoms with Crippen LogP contribution in [-0.4, -0.2) is 17.9 Å². The monoisotopic (exact) mass is 323 g/mol. The lowest BCUT2D eigenvalue weighted by atomic mass is 9.99. The van der Waals surface area contributed by atoms with Gasteiger partial charge in [-0.25, -0.2) is 0 Å². The normalized spacial score (nSPS) is 10.6. The Morgan fingerprint density at radius 1 is 0.875 bits per heavy atom. The number of carbonyl (C=O) groups excluding carboxylic acids is 1. The zero-order valence-corrected chi connectivity index (χ0v) is 15.0. The van der Waals surface area contributed by atoms with Crippen LogP contribution < -0.4 is 0 Å². The average molecular weight is 323 g/mol. The number of amides is 1. The molecule has 0 aliphatic carbocycles. The predicted octanol–water partition coefficient (Wildman–Crippen LogP) is 5.67. The molecule has 2 aromatic carbocycles. The van der Waals surface area contributed by atoms with Gasteiger partial charge >= 0.3 is 0 Å². The van der Waals surface area contributed by atoms with Gasteiger partial charge in [0.2, 0.25) is 5.91 Å². The minimum absolute atomic E-state index is 0.245. The van der Waals surface area contributed by atoms with Crippen LogP contribution in [0.2, 0.25) is 0 Å². The number of benzene rings is 2. The van der Waals surface area contributed by atoms with Crippen molar-refractivity contribution in [3.63, 3.8) is 0 Å². The second kappa shape index (κ2) is 9.92. The maximum Gasteiger partial charge on any atom is 0.222 e. The van der Waals surface area contributed by atoms with E-state index < -0.39 is 0 Å². The summed E-state index contributed by atoms with van der Waals surface area (Å²) >= 11 is 0. The lowest BCUT2D eigenvalue weighted by Gasteiger charge is -2.19. The van der Waals surface area contributed by atoms with Crippen molar-refractivity contribution >= 4 is 5.91 Å². The highest BCUT2D eigenvalue weighted by atomic mass is 16.2.